The Morgan fingerprint density at radius 3 is 2.38 bits per heavy atom. The molecule has 1 heterocycles. The van der Waals surface area contributed by atoms with Crippen molar-refractivity contribution < 1.29 is 19.4 Å². The SMILES string of the molecule is CN(C)C(=O)COc1ncc(C(=O)O)cn1. The Morgan fingerprint density at radius 2 is 1.94 bits per heavy atom. The van der Waals surface area contributed by atoms with E-state index in [1.807, 2.05) is 0 Å². The molecule has 0 radical (unpaired) electrons. The van der Waals surface area contributed by atoms with Crippen molar-refractivity contribution in [3.63, 3.8) is 0 Å². The fourth-order valence-electron chi connectivity index (χ4n) is 0.757. The van der Waals surface area contributed by atoms with Crippen LogP contribution in [-0.2, 0) is 4.79 Å². The number of aromatic carboxylic acids is 1. The molecule has 0 saturated heterocycles. The Balaban J connectivity index is 2.56. The van der Waals surface area contributed by atoms with Crippen LogP contribution in [0.2, 0.25) is 0 Å². The van der Waals surface area contributed by atoms with Gasteiger partial charge in [0.05, 0.1) is 5.56 Å². The molecule has 0 aliphatic rings. The number of carboxylic acids is 1. The molecule has 86 valence electrons. The van der Waals surface area contributed by atoms with E-state index in [0.717, 1.165) is 12.4 Å². The zero-order valence-corrected chi connectivity index (χ0v) is 8.88. The van der Waals surface area contributed by atoms with E-state index in [9.17, 15) is 9.59 Å². The summed E-state index contributed by atoms with van der Waals surface area (Å²) >= 11 is 0. The van der Waals surface area contributed by atoms with E-state index >= 15 is 0 Å². The van der Waals surface area contributed by atoms with Gasteiger partial charge in [-0.25, -0.2) is 14.8 Å². The zero-order valence-electron chi connectivity index (χ0n) is 8.88. The Hall–Kier alpha value is -2.18. The number of nitrogens with zero attached hydrogens (tertiary/aromatic N) is 3. The van der Waals surface area contributed by atoms with Gasteiger partial charge in [-0.05, 0) is 0 Å². The van der Waals surface area contributed by atoms with Gasteiger partial charge in [0.2, 0.25) is 0 Å². The molecule has 0 aromatic carbocycles. The second kappa shape index (κ2) is 5.06. The molecule has 7 nitrogen and oxygen atoms in total. The molecule has 0 aliphatic carbocycles. The number of rotatable bonds is 4. The van der Waals surface area contributed by atoms with Gasteiger partial charge in [-0.3, -0.25) is 4.79 Å². The first-order valence-electron chi connectivity index (χ1n) is 4.39. The lowest BCUT2D eigenvalue weighted by Gasteiger charge is -2.09. The summed E-state index contributed by atoms with van der Waals surface area (Å²) in [4.78, 5) is 30.3. The second-order valence-electron chi connectivity index (χ2n) is 3.14. The molecule has 0 fully saturated rings. The zero-order chi connectivity index (χ0) is 12.1. The lowest BCUT2D eigenvalue weighted by Crippen LogP contribution is -2.27. The molecular formula is C9H11N3O4. The van der Waals surface area contributed by atoms with Gasteiger partial charge in [0.15, 0.2) is 6.61 Å². The number of amides is 1. The number of hydrogen-bond donors (Lipinski definition) is 1. The van der Waals surface area contributed by atoms with Crippen molar-refractivity contribution >= 4 is 11.9 Å². The van der Waals surface area contributed by atoms with Crippen LogP contribution in [0.4, 0.5) is 0 Å². The van der Waals surface area contributed by atoms with Gasteiger partial charge < -0.3 is 14.7 Å². The summed E-state index contributed by atoms with van der Waals surface area (Å²) in [6, 6.07) is -0.0276. The van der Waals surface area contributed by atoms with Crippen molar-refractivity contribution in [2.45, 2.75) is 0 Å². The van der Waals surface area contributed by atoms with E-state index < -0.39 is 5.97 Å². The van der Waals surface area contributed by atoms with Crippen molar-refractivity contribution in [1.29, 1.82) is 0 Å². The summed E-state index contributed by atoms with van der Waals surface area (Å²) in [6.07, 6.45) is 2.23. The number of carbonyl (C=O) groups excluding carboxylic acids is 1. The molecule has 7 heteroatoms. The average Bonchev–Trinajstić information content (AvgIpc) is 2.26. The van der Waals surface area contributed by atoms with Gasteiger partial charge in [-0.1, -0.05) is 0 Å². The Bertz CT molecular complexity index is 388. The topological polar surface area (TPSA) is 92.6 Å². The van der Waals surface area contributed by atoms with E-state index in [4.69, 9.17) is 9.84 Å². The fraction of sp³-hybridized carbons (Fsp3) is 0.333. The summed E-state index contributed by atoms with van der Waals surface area (Å²) in [7, 11) is 3.19. The first kappa shape index (κ1) is 11.9. The summed E-state index contributed by atoms with van der Waals surface area (Å²) in [5.41, 5.74) is -0.0358. The first-order valence-corrected chi connectivity index (χ1v) is 4.39. The minimum Gasteiger partial charge on any atom is -0.478 e. The Labute approximate surface area is 91.7 Å². The molecule has 1 aromatic heterocycles. The maximum atomic E-state index is 11.1. The van der Waals surface area contributed by atoms with Crippen molar-refractivity contribution in [1.82, 2.24) is 14.9 Å². The van der Waals surface area contributed by atoms with Crippen molar-refractivity contribution in [2.75, 3.05) is 20.7 Å². The van der Waals surface area contributed by atoms with Crippen LogP contribution in [0.5, 0.6) is 6.01 Å². The van der Waals surface area contributed by atoms with Crippen LogP contribution in [0.3, 0.4) is 0 Å². The number of hydrogen-bond acceptors (Lipinski definition) is 5. The Morgan fingerprint density at radius 1 is 1.38 bits per heavy atom. The Kier molecular flexibility index (Phi) is 3.76. The number of ether oxygens (including phenoxy) is 1. The molecule has 0 aliphatic heterocycles. The highest BCUT2D eigenvalue weighted by Gasteiger charge is 2.08. The van der Waals surface area contributed by atoms with E-state index in [-0.39, 0.29) is 24.1 Å². The van der Waals surface area contributed by atoms with Gasteiger partial charge in [0.1, 0.15) is 0 Å². The number of carbonyl (C=O) groups is 2. The highest BCUT2D eigenvalue weighted by molar-refractivity contribution is 5.86. The average molecular weight is 225 g/mol. The highest BCUT2D eigenvalue weighted by Crippen LogP contribution is 2.02. The molecule has 0 unspecified atom stereocenters. The normalized spacial score (nSPS) is 9.62. The number of carboxylic acid groups (broad SMARTS) is 1. The lowest BCUT2D eigenvalue weighted by molar-refractivity contribution is -0.130. The largest absolute Gasteiger partial charge is 0.478 e. The van der Waals surface area contributed by atoms with Crippen molar-refractivity contribution in [3.8, 4) is 6.01 Å². The smallest absolute Gasteiger partial charge is 0.338 e. The van der Waals surface area contributed by atoms with Crippen LogP contribution in [0.25, 0.3) is 0 Å². The maximum Gasteiger partial charge on any atom is 0.338 e. The van der Waals surface area contributed by atoms with Gasteiger partial charge in [0.25, 0.3) is 5.91 Å². The molecule has 1 amide bonds. The van der Waals surface area contributed by atoms with Crippen LogP contribution in [-0.4, -0.2) is 52.6 Å². The first-order chi connectivity index (χ1) is 7.50. The molecule has 1 aromatic rings. The molecule has 0 saturated carbocycles. The molecule has 1 rings (SSSR count). The van der Waals surface area contributed by atoms with Gasteiger partial charge in [-0.2, -0.15) is 0 Å². The van der Waals surface area contributed by atoms with E-state index in [2.05, 4.69) is 9.97 Å². The predicted molar refractivity (Wildman–Crippen MR) is 53.2 cm³/mol. The maximum absolute atomic E-state index is 11.1. The minimum atomic E-state index is -1.11. The summed E-state index contributed by atoms with van der Waals surface area (Å²) in [5, 5.41) is 8.59. The van der Waals surface area contributed by atoms with Gasteiger partial charge in [0, 0.05) is 26.5 Å². The van der Waals surface area contributed by atoms with E-state index in [1.54, 1.807) is 14.1 Å². The summed E-state index contributed by atoms with van der Waals surface area (Å²) in [5.74, 6) is -1.35. The highest BCUT2D eigenvalue weighted by atomic mass is 16.5. The minimum absolute atomic E-state index is 0.0276. The van der Waals surface area contributed by atoms with Gasteiger partial charge >= 0.3 is 12.0 Å². The third kappa shape index (κ3) is 3.19. The number of aromatic nitrogens is 2. The molecule has 0 spiro atoms. The van der Waals surface area contributed by atoms with Crippen LogP contribution < -0.4 is 4.74 Å². The third-order valence-corrected chi connectivity index (χ3v) is 1.70. The molecule has 16 heavy (non-hydrogen) atoms. The van der Waals surface area contributed by atoms with Crippen LogP contribution in [0.1, 0.15) is 10.4 Å². The number of likely N-dealkylation sites (N-methyl/N-ethyl adjacent to an activating group) is 1. The lowest BCUT2D eigenvalue weighted by atomic mass is 10.4. The molecule has 0 bridgehead atoms. The monoisotopic (exact) mass is 225 g/mol. The fourth-order valence-corrected chi connectivity index (χ4v) is 0.757. The quantitative estimate of drug-likeness (QED) is 0.752. The third-order valence-electron chi connectivity index (χ3n) is 1.70. The summed E-state index contributed by atoms with van der Waals surface area (Å²) in [6.45, 7) is -0.181. The van der Waals surface area contributed by atoms with Crippen molar-refractivity contribution in [3.05, 3.63) is 18.0 Å². The van der Waals surface area contributed by atoms with Crippen LogP contribution in [0.15, 0.2) is 12.4 Å². The molecular weight excluding hydrogens is 214 g/mol. The van der Waals surface area contributed by atoms with E-state index in [0.29, 0.717) is 0 Å². The second-order valence-corrected chi connectivity index (χ2v) is 3.14. The van der Waals surface area contributed by atoms with Gasteiger partial charge in [-0.15, -0.1) is 0 Å². The molecule has 0 atom stereocenters. The summed E-state index contributed by atoms with van der Waals surface area (Å²) < 4.78 is 4.96. The van der Waals surface area contributed by atoms with Crippen LogP contribution in [0, 0.1) is 0 Å². The van der Waals surface area contributed by atoms with Crippen molar-refractivity contribution in [2.24, 2.45) is 0 Å². The standard InChI is InChI=1S/C9H11N3O4/c1-12(2)7(13)5-16-9-10-3-6(4-11-9)8(14)15/h3-4H,5H2,1-2H3,(H,14,15). The molecule has 1 N–H and O–H groups in total. The van der Waals surface area contributed by atoms with E-state index in [1.165, 1.54) is 4.90 Å². The van der Waals surface area contributed by atoms with Crippen LogP contribution >= 0.6 is 0 Å². The predicted octanol–water partition coefficient (Wildman–Crippen LogP) is -0.358.